The second-order valence-electron chi connectivity index (χ2n) is 16.5. The van der Waals surface area contributed by atoms with Crippen LogP contribution in [0.5, 0.6) is 0 Å². The van der Waals surface area contributed by atoms with Crippen LogP contribution in [0.25, 0.3) is 22.3 Å². The maximum absolute atomic E-state index is 2.69. The summed E-state index contributed by atoms with van der Waals surface area (Å²) in [7, 11) is 0. The number of hydrogen-bond donors (Lipinski definition) is 0. The van der Waals surface area contributed by atoms with Crippen molar-refractivity contribution in [3.63, 3.8) is 0 Å². The van der Waals surface area contributed by atoms with Crippen LogP contribution in [0.4, 0.5) is 45.5 Å². The van der Waals surface area contributed by atoms with Crippen molar-refractivity contribution in [1.82, 2.24) is 0 Å². The highest BCUT2D eigenvalue weighted by Gasteiger charge is 2.58. The highest BCUT2D eigenvalue weighted by Crippen LogP contribution is 2.63. The number of nitrogens with zero attached hydrogens (tertiary/aromatic N) is 4. The van der Waals surface area contributed by atoms with Gasteiger partial charge in [-0.2, -0.15) is 11.3 Å². The summed E-state index contributed by atoms with van der Waals surface area (Å²) in [6.07, 6.45) is 0. The summed E-state index contributed by atoms with van der Waals surface area (Å²) in [4.78, 5) is 10.7. The van der Waals surface area contributed by atoms with E-state index in [0.29, 0.717) is 0 Å². The second-order valence-corrected chi connectivity index (χ2v) is 17.6. The van der Waals surface area contributed by atoms with Crippen LogP contribution in [-0.4, -0.2) is 14.0 Å². The summed E-state index contributed by atoms with van der Waals surface area (Å²) in [6.45, 7) is 9.58. The summed E-state index contributed by atoms with van der Waals surface area (Å²) in [5.41, 5.74) is 21.2. The third-order valence-corrected chi connectivity index (χ3v) is 14.6. The van der Waals surface area contributed by atoms with E-state index in [2.05, 4.69) is 180 Å². The fourth-order valence-corrected chi connectivity index (χ4v) is 12.6. The molecule has 0 atom stereocenters. The predicted molar refractivity (Wildman–Crippen MR) is 225 cm³/mol. The summed E-state index contributed by atoms with van der Waals surface area (Å²) in [5.74, 6) is 0. The number of fused-ring (bicyclic) bond motifs is 21. The molecule has 0 saturated heterocycles. The zero-order chi connectivity index (χ0) is 35.1. The number of thiophene rings is 1. The van der Waals surface area contributed by atoms with E-state index in [9.17, 15) is 0 Å². The van der Waals surface area contributed by atoms with Crippen molar-refractivity contribution in [1.29, 1.82) is 0 Å². The smallest absolute Gasteiger partial charge is 0.359 e. The molecular weight excluding hydrogens is 662 g/mol. The van der Waals surface area contributed by atoms with E-state index in [-0.39, 0.29) is 24.8 Å². The minimum absolute atomic E-state index is 0.00331. The number of anilines is 8. The van der Waals surface area contributed by atoms with Crippen molar-refractivity contribution in [2.24, 2.45) is 0 Å². The topological polar surface area (TPSA) is 13.0 Å². The normalized spacial score (nSPS) is 17.5. The molecule has 53 heavy (non-hydrogen) atoms. The first-order valence-electron chi connectivity index (χ1n) is 18.9. The second kappa shape index (κ2) is 9.28. The molecule has 0 amide bonds. The van der Waals surface area contributed by atoms with E-state index in [1.807, 2.05) is 11.3 Å². The largest absolute Gasteiger partial charge is 0.431 e. The summed E-state index contributed by atoms with van der Waals surface area (Å²) in [5, 5.41) is 0. The lowest BCUT2D eigenvalue weighted by molar-refractivity contribution is 0.635. The lowest BCUT2D eigenvalue weighted by atomic mass is 9.59. The van der Waals surface area contributed by atoms with Crippen LogP contribution >= 0.6 is 11.3 Å². The molecule has 6 aromatic carbocycles. The van der Waals surface area contributed by atoms with Crippen LogP contribution in [0, 0.1) is 0 Å². The van der Waals surface area contributed by atoms with Crippen molar-refractivity contribution in [2.75, 3.05) is 19.2 Å². The molecule has 13 rings (SSSR count). The molecular formula is C46H34B2N4S. The number of rotatable bonds is 0. The van der Waals surface area contributed by atoms with Gasteiger partial charge in [-0.1, -0.05) is 125 Å². The quantitative estimate of drug-likeness (QED) is 0.146. The molecule has 7 aromatic rings. The third-order valence-electron chi connectivity index (χ3n) is 13.3. The van der Waals surface area contributed by atoms with Gasteiger partial charge in [0.25, 0.3) is 0 Å². The highest BCUT2D eigenvalue weighted by atomic mass is 32.1. The van der Waals surface area contributed by atoms with Gasteiger partial charge in [0.05, 0.1) is 22.7 Å². The highest BCUT2D eigenvalue weighted by molar-refractivity contribution is 7.35. The number of para-hydroxylation sites is 6. The molecule has 4 nitrogen and oxygen atoms in total. The Hall–Kier alpha value is -5.65. The molecule has 0 aliphatic carbocycles. The van der Waals surface area contributed by atoms with Gasteiger partial charge in [-0.05, 0) is 58.7 Å². The molecule has 0 saturated carbocycles. The first-order chi connectivity index (χ1) is 25.9. The van der Waals surface area contributed by atoms with E-state index in [1.54, 1.807) is 0 Å². The maximum atomic E-state index is 2.69. The molecule has 1 aromatic heterocycles. The first-order valence-corrected chi connectivity index (χ1v) is 19.7. The molecule has 0 unspecified atom stereocenters. The monoisotopic (exact) mass is 696 g/mol. The van der Waals surface area contributed by atoms with Gasteiger partial charge in [0.15, 0.2) is 0 Å². The van der Waals surface area contributed by atoms with Gasteiger partial charge in [0, 0.05) is 65.4 Å². The van der Waals surface area contributed by atoms with E-state index in [0.717, 1.165) is 0 Å². The SMILES string of the molecule is CC1(C)c2ccccc2N2B3c4sc5c(c4-c4ccccc4N3c3cccc1c32)-c1ccccc1N1B5N2c3ccccc3C(C)(C)c3cccc1c32. The van der Waals surface area contributed by atoms with Gasteiger partial charge in [0.2, 0.25) is 0 Å². The average Bonchev–Trinajstić information content (AvgIpc) is 3.86. The molecule has 6 aliphatic rings. The van der Waals surface area contributed by atoms with Crippen molar-refractivity contribution in [3.8, 4) is 22.3 Å². The van der Waals surface area contributed by atoms with Gasteiger partial charge in [0.1, 0.15) is 0 Å². The number of benzene rings is 6. The minimum Gasteiger partial charge on any atom is -0.359 e. The lowest BCUT2D eigenvalue weighted by Gasteiger charge is -2.42. The van der Waals surface area contributed by atoms with Gasteiger partial charge in [-0.3, -0.25) is 0 Å². The van der Waals surface area contributed by atoms with Crippen molar-refractivity contribution < 1.29 is 0 Å². The predicted octanol–water partition coefficient (Wildman–Crippen LogP) is 10.4. The molecule has 0 radical (unpaired) electrons. The molecule has 0 spiro atoms. The average molecular weight is 696 g/mol. The zero-order valence-electron chi connectivity index (χ0n) is 30.1. The zero-order valence-corrected chi connectivity index (χ0v) is 30.9. The Labute approximate surface area is 314 Å². The summed E-state index contributed by atoms with van der Waals surface area (Å²) >= 11 is 2.04. The molecule has 7 heteroatoms. The van der Waals surface area contributed by atoms with E-state index >= 15 is 0 Å². The fraction of sp³-hybridized carbons (Fsp3) is 0.130. The Kier molecular flexibility index (Phi) is 5.06. The molecule has 6 aliphatic heterocycles. The molecule has 7 heterocycles. The Morgan fingerprint density at radius 1 is 0.377 bits per heavy atom. The van der Waals surface area contributed by atoms with Crippen LogP contribution in [0.2, 0.25) is 0 Å². The van der Waals surface area contributed by atoms with Crippen LogP contribution in [0.3, 0.4) is 0 Å². The molecule has 250 valence electrons. The van der Waals surface area contributed by atoms with E-state index in [4.69, 9.17) is 0 Å². The van der Waals surface area contributed by atoms with Crippen molar-refractivity contribution >= 4 is 80.4 Å². The first kappa shape index (κ1) is 28.9. The van der Waals surface area contributed by atoms with Gasteiger partial charge in [-0.15, -0.1) is 0 Å². The molecule has 0 bridgehead atoms. The maximum Gasteiger partial charge on any atom is 0.431 e. The van der Waals surface area contributed by atoms with Crippen LogP contribution in [0.15, 0.2) is 133 Å². The van der Waals surface area contributed by atoms with Gasteiger partial charge < -0.3 is 19.2 Å². The van der Waals surface area contributed by atoms with Crippen LogP contribution < -0.4 is 28.8 Å². The minimum atomic E-state index is -0.119. The standard InChI is InChI=1S/C46H34B2N4S/c1-45(2)29-17-7-11-23-35(29)51-41-31(45)19-13-25-37(41)49-33-21-9-5-15-27(33)39-40-28-16-6-10-22-34(28)50-38-26-14-20-32-42(38)52(48(50)44(40)53-43(39)47(49)51)36-24-12-8-18-30(36)46(32,3)4/h5-26H,1-4H3. The van der Waals surface area contributed by atoms with Crippen LogP contribution in [-0.2, 0) is 10.8 Å². The third kappa shape index (κ3) is 3.14. The Balaban J connectivity index is 1.14. The summed E-state index contributed by atoms with van der Waals surface area (Å²) < 4.78 is 2.84. The van der Waals surface area contributed by atoms with Gasteiger partial charge in [-0.25, -0.2) is 0 Å². The van der Waals surface area contributed by atoms with E-state index < -0.39 is 0 Å². The van der Waals surface area contributed by atoms with Crippen LogP contribution in [0.1, 0.15) is 49.9 Å². The Morgan fingerprint density at radius 3 is 1.19 bits per heavy atom. The Morgan fingerprint density at radius 2 is 0.736 bits per heavy atom. The fourth-order valence-electron chi connectivity index (χ4n) is 11.1. The number of hydrogen-bond acceptors (Lipinski definition) is 5. The molecule has 0 fully saturated rings. The lowest BCUT2D eigenvalue weighted by Crippen LogP contribution is -2.56. The van der Waals surface area contributed by atoms with Crippen molar-refractivity contribution in [3.05, 3.63) is 156 Å². The summed E-state index contributed by atoms with van der Waals surface area (Å²) in [6, 6.07) is 50.6. The van der Waals surface area contributed by atoms with Gasteiger partial charge >= 0.3 is 14.0 Å². The van der Waals surface area contributed by atoms with Crippen molar-refractivity contribution in [2.45, 2.75) is 38.5 Å². The Bertz CT molecular complexity index is 2630. The van der Waals surface area contributed by atoms with E-state index in [1.165, 1.54) is 99.6 Å². The molecule has 0 N–H and O–H groups in total.